The molecule has 2 unspecified atom stereocenters. The number of rotatable bonds is 6. The summed E-state index contributed by atoms with van der Waals surface area (Å²) in [6.45, 7) is 0. The van der Waals surface area contributed by atoms with Gasteiger partial charge in [0.2, 0.25) is 5.91 Å². The highest BCUT2D eigenvalue weighted by atomic mass is 32.2. The summed E-state index contributed by atoms with van der Waals surface area (Å²) in [5.74, 6) is -2.01. The minimum atomic E-state index is -1.18. The van der Waals surface area contributed by atoms with Gasteiger partial charge in [-0.3, -0.25) is 4.79 Å². The predicted octanol–water partition coefficient (Wildman–Crippen LogP) is 4.81. The van der Waals surface area contributed by atoms with Crippen LogP contribution in [-0.4, -0.2) is 39.9 Å². The molecule has 166 valence electrons. The summed E-state index contributed by atoms with van der Waals surface area (Å²) in [4.78, 5) is 15.0. The number of carbonyl (C=O) groups excluding carboxylic acids is 1. The van der Waals surface area contributed by atoms with E-state index in [0.29, 0.717) is 17.1 Å². The fourth-order valence-electron chi connectivity index (χ4n) is 5.61. The van der Waals surface area contributed by atoms with Gasteiger partial charge in [-0.1, -0.05) is 19.3 Å². The Hall–Kier alpha value is -1.21. The lowest BCUT2D eigenvalue weighted by Gasteiger charge is -2.41. The molecular formula is C23H31F3N2OS. The van der Waals surface area contributed by atoms with Gasteiger partial charge in [-0.2, -0.15) is 0 Å². The second-order valence-electron chi connectivity index (χ2n) is 9.21. The van der Waals surface area contributed by atoms with Crippen LogP contribution in [0.1, 0.15) is 63.4 Å². The predicted molar refractivity (Wildman–Crippen MR) is 114 cm³/mol. The highest BCUT2D eigenvalue weighted by molar-refractivity contribution is 8.00. The molecule has 3 fully saturated rings. The molecule has 0 spiro atoms. The molecule has 4 rings (SSSR count). The fraction of sp³-hybridized carbons (Fsp3) is 0.696. The molecule has 3 nitrogen and oxygen atoms in total. The van der Waals surface area contributed by atoms with E-state index in [1.807, 2.05) is 11.8 Å². The Kier molecular flexibility index (Phi) is 6.98. The largest absolute Gasteiger partial charge is 0.336 e. The molecule has 30 heavy (non-hydrogen) atoms. The van der Waals surface area contributed by atoms with Crippen LogP contribution in [0.2, 0.25) is 0 Å². The lowest BCUT2D eigenvalue weighted by Crippen LogP contribution is -2.51. The standard InChI is InChI=1S/C23H31F3N2OS/c24-19-12-21(26)20(25)10-14(19)11-22(27)15-8-16-6-7-17(9-15)28(16)23(29)13-30-18-4-2-1-3-5-18/h10,12,15-18,22H,1-9,11,13,27H2/t15?,16-,17+,22?. The number of nitrogens with two attached hydrogens (primary N) is 1. The van der Waals surface area contributed by atoms with Crippen molar-refractivity contribution in [3.05, 3.63) is 35.1 Å². The Bertz CT molecular complexity index is 757. The first-order valence-electron chi connectivity index (χ1n) is 11.2. The Labute approximate surface area is 180 Å². The number of nitrogens with zero attached hydrogens (tertiary/aromatic N) is 1. The zero-order chi connectivity index (χ0) is 21.3. The molecule has 2 aliphatic heterocycles. The van der Waals surface area contributed by atoms with Gasteiger partial charge in [0.05, 0.1) is 5.75 Å². The van der Waals surface area contributed by atoms with Crippen LogP contribution in [0.4, 0.5) is 13.2 Å². The lowest BCUT2D eigenvalue weighted by atomic mass is 9.82. The van der Waals surface area contributed by atoms with E-state index in [4.69, 9.17) is 5.73 Å². The van der Waals surface area contributed by atoms with Gasteiger partial charge in [0.15, 0.2) is 11.6 Å². The molecule has 1 aromatic rings. The van der Waals surface area contributed by atoms with Gasteiger partial charge in [0.1, 0.15) is 5.82 Å². The fourth-order valence-corrected chi connectivity index (χ4v) is 6.81. The summed E-state index contributed by atoms with van der Waals surface area (Å²) in [7, 11) is 0. The zero-order valence-electron chi connectivity index (χ0n) is 17.3. The molecule has 2 N–H and O–H groups in total. The van der Waals surface area contributed by atoms with Crippen molar-refractivity contribution in [1.82, 2.24) is 4.90 Å². The lowest BCUT2D eigenvalue weighted by molar-refractivity contribution is -0.133. The summed E-state index contributed by atoms with van der Waals surface area (Å²) in [5.41, 5.74) is 6.50. The van der Waals surface area contributed by atoms with Gasteiger partial charge >= 0.3 is 0 Å². The number of fused-ring (bicyclic) bond motifs is 2. The third-order valence-electron chi connectivity index (χ3n) is 7.20. The average molecular weight is 441 g/mol. The molecule has 1 aromatic carbocycles. The normalized spacial score (nSPS) is 28.0. The van der Waals surface area contributed by atoms with Crippen LogP contribution in [0.5, 0.6) is 0 Å². The Morgan fingerprint density at radius 3 is 2.30 bits per heavy atom. The van der Waals surface area contributed by atoms with Crippen LogP contribution >= 0.6 is 11.8 Å². The van der Waals surface area contributed by atoms with Crippen LogP contribution in [0, 0.1) is 23.4 Å². The SMILES string of the molecule is NC(Cc1cc(F)c(F)cc1F)C1C[C@H]2CC[C@@H](C1)N2C(=O)CSC1CCCCC1. The van der Waals surface area contributed by atoms with E-state index in [9.17, 15) is 18.0 Å². The van der Waals surface area contributed by atoms with E-state index in [2.05, 4.69) is 4.90 Å². The Balaban J connectivity index is 1.33. The minimum Gasteiger partial charge on any atom is -0.336 e. The van der Waals surface area contributed by atoms with Crippen LogP contribution in [0.15, 0.2) is 12.1 Å². The molecule has 2 saturated heterocycles. The summed E-state index contributed by atoms with van der Waals surface area (Å²) in [6.07, 6.45) is 10.1. The molecule has 1 aliphatic carbocycles. The second-order valence-corrected chi connectivity index (χ2v) is 10.5. The number of thioether (sulfide) groups is 1. The molecule has 3 aliphatic rings. The van der Waals surface area contributed by atoms with Gasteiger partial charge in [-0.05, 0) is 62.5 Å². The van der Waals surface area contributed by atoms with E-state index in [0.717, 1.165) is 31.7 Å². The molecule has 1 amide bonds. The van der Waals surface area contributed by atoms with Crippen molar-refractivity contribution in [2.75, 3.05) is 5.75 Å². The number of piperidine rings is 1. The molecule has 0 radical (unpaired) electrons. The van der Waals surface area contributed by atoms with Gasteiger partial charge in [0, 0.05) is 29.4 Å². The third-order valence-corrected chi connectivity index (χ3v) is 8.56. The second kappa shape index (κ2) is 9.51. The highest BCUT2D eigenvalue weighted by Gasteiger charge is 2.44. The summed E-state index contributed by atoms with van der Waals surface area (Å²) in [5, 5.41) is 0.623. The monoisotopic (exact) mass is 440 g/mol. The van der Waals surface area contributed by atoms with Crippen LogP contribution < -0.4 is 5.73 Å². The number of hydrogen-bond acceptors (Lipinski definition) is 3. The van der Waals surface area contributed by atoms with Crippen LogP contribution in [0.3, 0.4) is 0 Å². The summed E-state index contributed by atoms with van der Waals surface area (Å²) < 4.78 is 40.7. The smallest absolute Gasteiger partial charge is 0.233 e. The number of hydrogen-bond donors (Lipinski definition) is 1. The first-order chi connectivity index (χ1) is 14.4. The maximum absolute atomic E-state index is 14.0. The minimum absolute atomic E-state index is 0.121. The number of amides is 1. The van der Waals surface area contributed by atoms with E-state index < -0.39 is 17.5 Å². The first kappa shape index (κ1) is 22.0. The molecule has 2 bridgehead atoms. The van der Waals surface area contributed by atoms with Crippen molar-refractivity contribution in [3.8, 4) is 0 Å². The van der Waals surface area contributed by atoms with Gasteiger partial charge in [-0.15, -0.1) is 11.8 Å². The van der Waals surface area contributed by atoms with E-state index in [1.54, 1.807) is 0 Å². The highest BCUT2D eigenvalue weighted by Crippen LogP contribution is 2.41. The average Bonchev–Trinajstić information content (AvgIpc) is 3.00. The molecule has 4 atom stereocenters. The molecule has 1 saturated carbocycles. The number of benzene rings is 1. The maximum atomic E-state index is 14.0. The number of halogens is 3. The van der Waals surface area contributed by atoms with Crippen LogP contribution in [-0.2, 0) is 11.2 Å². The van der Waals surface area contributed by atoms with Crippen LogP contribution in [0.25, 0.3) is 0 Å². The molecule has 7 heteroatoms. The quantitative estimate of drug-likeness (QED) is 0.646. The van der Waals surface area contributed by atoms with Crippen molar-refractivity contribution >= 4 is 17.7 Å². The topological polar surface area (TPSA) is 46.3 Å². The zero-order valence-corrected chi connectivity index (χ0v) is 18.1. The Morgan fingerprint density at radius 1 is 1.00 bits per heavy atom. The molecular weight excluding hydrogens is 409 g/mol. The van der Waals surface area contributed by atoms with E-state index in [-0.39, 0.29) is 41.9 Å². The van der Waals surface area contributed by atoms with E-state index in [1.165, 1.54) is 32.1 Å². The van der Waals surface area contributed by atoms with E-state index >= 15 is 0 Å². The molecule has 2 heterocycles. The van der Waals surface area contributed by atoms with Gasteiger partial charge < -0.3 is 10.6 Å². The van der Waals surface area contributed by atoms with Crippen molar-refractivity contribution in [2.45, 2.75) is 87.6 Å². The van der Waals surface area contributed by atoms with Crippen molar-refractivity contribution in [3.63, 3.8) is 0 Å². The maximum Gasteiger partial charge on any atom is 0.233 e. The van der Waals surface area contributed by atoms with Crippen molar-refractivity contribution in [2.24, 2.45) is 11.7 Å². The van der Waals surface area contributed by atoms with Gasteiger partial charge in [0.25, 0.3) is 0 Å². The van der Waals surface area contributed by atoms with Gasteiger partial charge in [-0.25, -0.2) is 13.2 Å². The third kappa shape index (κ3) is 4.82. The molecule has 0 aromatic heterocycles. The summed E-state index contributed by atoms with van der Waals surface area (Å²) >= 11 is 1.82. The van der Waals surface area contributed by atoms with Crippen molar-refractivity contribution in [1.29, 1.82) is 0 Å². The Morgan fingerprint density at radius 2 is 1.63 bits per heavy atom. The van der Waals surface area contributed by atoms with Crippen molar-refractivity contribution < 1.29 is 18.0 Å². The number of carbonyl (C=O) groups is 1. The summed E-state index contributed by atoms with van der Waals surface area (Å²) in [6, 6.07) is 1.58. The first-order valence-corrected chi connectivity index (χ1v) is 12.3.